The fourth-order valence-corrected chi connectivity index (χ4v) is 5.66. The van der Waals surface area contributed by atoms with Crippen LogP contribution in [-0.2, 0) is 21.4 Å². The van der Waals surface area contributed by atoms with Crippen LogP contribution in [0.15, 0.2) is 77.7 Å². The number of benzene rings is 3. The minimum atomic E-state index is -3.87. The number of nitrogens with zero attached hydrogens (tertiary/aromatic N) is 2. The summed E-state index contributed by atoms with van der Waals surface area (Å²) in [4.78, 5) is 15.5. The highest BCUT2D eigenvalue weighted by Gasteiger charge is 2.37. The lowest BCUT2D eigenvalue weighted by Crippen LogP contribution is -2.50. The summed E-state index contributed by atoms with van der Waals surface area (Å²) in [6.07, 6.45) is -0.974. The van der Waals surface area contributed by atoms with Crippen LogP contribution in [0.4, 0.5) is 11.4 Å². The molecule has 1 aliphatic heterocycles. The summed E-state index contributed by atoms with van der Waals surface area (Å²) in [5.41, 5.74) is 3.43. The first-order chi connectivity index (χ1) is 16.8. The second-order valence-corrected chi connectivity index (χ2v) is 10.3. The zero-order valence-corrected chi connectivity index (χ0v) is 21.1. The van der Waals surface area contributed by atoms with Gasteiger partial charge < -0.3 is 15.0 Å². The van der Waals surface area contributed by atoms with Gasteiger partial charge in [0.05, 0.1) is 17.1 Å². The third-order valence-corrected chi connectivity index (χ3v) is 7.93. The number of aryl methyl sites for hydroxylation is 1. The third kappa shape index (κ3) is 5.27. The first-order valence-electron chi connectivity index (χ1n) is 11.8. The van der Waals surface area contributed by atoms with Crippen molar-refractivity contribution in [2.45, 2.75) is 38.3 Å². The second-order valence-electron chi connectivity index (χ2n) is 8.48. The molecule has 1 amide bonds. The average Bonchev–Trinajstić information content (AvgIpc) is 2.88. The standard InChI is InChI=1S/C27H31N3O4S/c1-4-29(5-2)22-14-12-21(13-15-22)18-28-27(31)26-19-30(24-16-11-20(3)17-25(24)34-26)35(32,33)23-9-7-6-8-10-23/h6-17,26H,4-5,18-19H2,1-3H3,(H,28,31). The van der Waals surface area contributed by atoms with Crippen LogP contribution in [0.3, 0.4) is 0 Å². The van der Waals surface area contributed by atoms with Gasteiger partial charge in [-0.05, 0) is 68.3 Å². The van der Waals surface area contributed by atoms with E-state index in [1.165, 1.54) is 4.31 Å². The van der Waals surface area contributed by atoms with Crippen LogP contribution in [0.2, 0.25) is 0 Å². The highest BCUT2D eigenvalue weighted by atomic mass is 32.2. The molecule has 0 spiro atoms. The van der Waals surface area contributed by atoms with E-state index >= 15 is 0 Å². The smallest absolute Gasteiger partial charge is 0.264 e. The van der Waals surface area contributed by atoms with Crippen molar-refractivity contribution in [1.82, 2.24) is 5.32 Å². The van der Waals surface area contributed by atoms with Crippen molar-refractivity contribution in [2.24, 2.45) is 0 Å². The maximum atomic E-state index is 13.5. The van der Waals surface area contributed by atoms with Crippen LogP contribution in [0.1, 0.15) is 25.0 Å². The number of carbonyl (C=O) groups excluding carboxylic acids is 1. The van der Waals surface area contributed by atoms with Crippen molar-refractivity contribution in [3.8, 4) is 5.75 Å². The molecule has 35 heavy (non-hydrogen) atoms. The molecule has 0 saturated carbocycles. The molecule has 1 aliphatic rings. The number of nitrogens with one attached hydrogen (secondary N) is 1. The van der Waals surface area contributed by atoms with Gasteiger partial charge in [0.2, 0.25) is 0 Å². The molecule has 3 aromatic carbocycles. The molecule has 1 atom stereocenters. The van der Waals surface area contributed by atoms with E-state index in [9.17, 15) is 13.2 Å². The number of ether oxygens (including phenoxy) is 1. The van der Waals surface area contributed by atoms with Crippen LogP contribution in [0, 0.1) is 6.92 Å². The monoisotopic (exact) mass is 493 g/mol. The zero-order valence-electron chi connectivity index (χ0n) is 20.3. The molecular formula is C27H31N3O4S. The Balaban J connectivity index is 1.53. The number of carbonyl (C=O) groups is 1. The van der Waals surface area contributed by atoms with Gasteiger partial charge in [-0.3, -0.25) is 9.10 Å². The van der Waals surface area contributed by atoms with Crippen LogP contribution in [0.25, 0.3) is 0 Å². The number of rotatable bonds is 8. The summed E-state index contributed by atoms with van der Waals surface area (Å²) in [5.74, 6) is 0.0118. The largest absolute Gasteiger partial charge is 0.476 e. The highest BCUT2D eigenvalue weighted by Crippen LogP contribution is 2.37. The SMILES string of the molecule is CCN(CC)c1ccc(CNC(=O)C2CN(S(=O)(=O)c3ccccc3)c3ccc(C)cc3O2)cc1. The Morgan fingerprint density at radius 3 is 2.37 bits per heavy atom. The molecule has 184 valence electrons. The van der Waals surface area contributed by atoms with Crippen LogP contribution in [-0.4, -0.2) is 40.1 Å². The summed E-state index contributed by atoms with van der Waals surface area (Å²) in [7, 11) is -3.87. The van der Waals surface area contributed by atoms with Crippen molar-refractivity contribution in [3.05, 3.63) is 83.9 Å². The normalized spacial score (nSPS) is 15.2. The number of hydrogen-bond acceptors (Lipinski definition) is 5. The Morgan fingerprint density at radius 2 is 1.71 bits per heavy atom. The molecule has 0 aliphatic carbocycles. The van der Waals surface area contributed by atoms with Gasteiger partial charge in [-0.15, -0.1) is 0 Å². The molecule has 1 heterocycles. The van der Waals surface area contributed by atoms with E-state index in [2.05, 4.69) is 24.1 Å². The quantitative estimate of drug-likeness (QED) is 0.511. The molecule has 7 nitrogen and oxygen atoms in total. The van der Waals surface area contributed by atoms with Crippen LogP contribution >= 0.6 is 0 Å². The molecule has 8 heteroatoms. The second kappa shape index (κ2) is 10.4. The molecule has 1 N–H and O–H groups in total. The molecule has 0 bridgehead atoms. The van der Waals surface area contributed by atoms with E-state index < -0.39 is 16.1 Å². The van der Waals surface area contributed by atoms with Crippen LogP contribution in [0.5, 0.6) is 5.75 Å². The van der Waals surface area contributed by atoms with E-state index in [-0.39, 0.29) is 17.3 Å². The van der Waals surface area contributed by atoms with Gasteiger partial charge in [0.25, 0.3) is 15.9 Å². The molecular weight excluding hydrogens is 462 g/mol. The minimum absolute atomic E-state index is 0.111. The van der Waals surface area contributed by atoms with E-state index in [4.69, 9.17) is 4.74 Å². The lowest BCUT2D eigenvalue weighted by Gasteiger charge is -2.35. The summed E-state index contributed by atoms with van der Waals surface area (Å²) in [6.45, 7) is 8.18. The molecule has 0 radical (unpaired) electrons. The molecule has 4 rings (SSSR count). The lowest BCUT2D eigenvalue weighted by atomic mass is 10.1. The Morgan fingerprint density at radius 1 is 1.03 bits per heavy atom. The Bertz CT molecular complexity index is 1270. The van der Waals surface area contributed by atoms with Gasteiger partial charge in [-0.25, -0.2) is 8.42 Å². The predicted molar refractivity (Wildman–Crippen MR) is 138 cm³/mol. The van der Waals surface area contributed by atoms with Gasteiger partial charge in [-0.2, -0.15) is 0 Å². The summed E-state index contributed by atoms with van der Waals surface area (Å²) < 4.78 is 34.2. The lowest BCUT2D eigenvalue weighted by molar-refractivity contribution is -0.127. The molecule has 0 fully saturated rings. The van der Waals surface area contributed by atoms with Gasteiger partial charge in [0.1, 0.15) is 5.75 Å². The van der Waals surface area contributed by atoms with Crippen molar-refractivity contribution in [1.29, 1.82) is 0 Å². The van der Waals surface area contributed by atoms with E-state index in [0.29, 0.717) is 18.0 Å². The highest BCUT2D eigenvalue weighted by molar-refractivity contribution is 7.92. The topological polar surface area (TPSA) is 79.0 Å². The van der Waals surface area contributed by atoms with Gasteiger partial charge in [0.15, 0.2) is 6.10 Å². The van der Waals surface area contributed by atoms with Gasteiger partial charge in [0, 0.05) is 25.3 Å². The number of sulfonamides is 1. The summed E-state index contributed by atoms with van der Waals surface area (Å²) in [5, 5.41) is 2.90. The van der Waals surface area contributed by atoms with E-state index in [0.717, 1.165) is 29.9 Å². The predicted octanol–water partition coefficient (Wildman–Crippen LogP) is 4.11. The fourth-order valence-electron chi connectivity index (χ4n) is 4.16. The van der Waals surface area contributed by atoms with Crippen molar-refractivity contribution in [2.75, 3.05) is 28.8 Å². The van der Waals surface area contributed by atoms with Gasteiger partial charge >= 0.3 is 0 Å². The first-order valence-corrected chi connectivity index (χ1v) is 13.2. The number of amides is 1. The number of hydrogen-bond donors (Lipinski definition) is 1. The van der Waals surface area contributed by atoms with Crippen LogP contribution < -0.4 is 19.3 Å². The third-order valence-electron chi connectivity index (χ3n) is 6.14. The number of fused-ring (bicyclic) bond motifs is 1. The Hall–Kier alpha value is -3.52. The Labute approximate surface area is 207 Å². The molecule has 1 unspecified atom stereocenters. The van der Waals surface area contributed by atoms with Gasteiger partial charge in [-0.1, -0.05) is 36.4 Å². The van der Waals surface area contributed by atoms with E-state index in [1.54, 1.807) is 42.5 Å². The molecule has 0 saturated heterocycles. The summed E-state index contributed by atoms with van der Waals surface area (Å²) >= 11 is 0. The molecule has 3 aromatic rings. The maximum absolute atomic E-state index is 13.5. The Kier molecular flexibility index (Phi) is 7.31. The zero-order chi connectivity index (χ0) is 25.0. The molecule has 0 aromatic heterocycles. The average molecular weight is 494 g/mol. The van der Waals surface area contributed by atoms with Crippen molar-refractivity contribution < 1.29 is 17.9 Å². The number of anilines is 2. The first kappa shape index (κ1) is 24.6. The minimum Gasteiger partial charge on any atom is -0.476 e. The van der Waals surface area contributed by atoms with Crippen molar-refractivity contribution >= 4 is 27.3 Å². The summed E-state index contributed by atoms with van der Waals surface area (Å²) in [6, 6.07) is 21.6. The maximum Gasteiger partial charge on any atom is 0.264 e. The van der Waals surface area contributed by atoms with E-state index in [1.807, 2.05) is 37.3 Å². The fraction of sp³-hybridized carbons (Fsp3) is 0.296. The van der Waals surface area contributed by atoms with Crippen molar-refractivity contribution in [3.63, 3.8) is 0 Å².